The van der Waals surface area contributed by atoms with Gasteiger partial charge in [-0.15, -0.1) is 11.8 Å². The SMILES string of the molecule is COCCN=Cc1c(CSc2ccc(C)cc2)[nH]n(-c2nc3ccccc3s2)c1=O. The number of fused-ring (bicyclic) bond motifs is 1. The molecule has 2 heterocycles. The van der Waals surface area contributed by atoms with E-state index < -0.39 is 0 Å². The molecular weight excluding hydrogens is 416 g/mol. The van der Waals surface area contributed by atoms with Crippen LogP contribution in [-0.4, -0.2) is 41.2 Å². The molecular formula is C22H22N4O2S2. The van der Waals surface area contributed by atoms with Crippen LogP contribution in [0.15, 0.2) is 63.2 Å². The Hall–Kier alpha value is -2.68. The van der Waals surface area contributed by atoms with Crippen molar-refractivity contribution in [2.75, 3.05) is 20.3 Å². The lowest BCUT2D eigenvalue weighted by molar-refractivity contribution is 0.208. The Balaban J connectivity index is 1.67. The van der Waals surface area contributed by atoms with Gasteiger partial charge < -0.3 is 4.74 Å². The molecule has 0 amide bonds. The fourth-order valence-corrected chi connectivity index (χ4v) is 4.70. The van der Waals surface area contributed by atoms with Crippen molar-refractivity contribution in [3.05, 3.63) is 75.7 Å². The lowest BCUT2D eigenvalue weighted by Gasteiger charge is -2.02. The van der Waals surface area contributed by atoms with Gasteiger partial charge in [0.25, 0.3) is 5.56 Å². The van der Waals surface area contributed by atoms with Gasteiger partial charge >= 0.3 is 0 Å². The summed E-state index contributed by atoms with van der Waals surface area (Å²) >= 11 is 3.16. The van der Waals surface area contributed by atoms with E-state index in [1.165, 1.54) is 21.6 Å². The van der Waals surface area contributed by atoms with Crippen LogP contribution in [0, 0.1) is 6.92 Å². The predicted octanol–water partition coefficient (Wildman–Crippen LogP) is 4.44. The normalized spacial score (nSPS) is 11.7. The molecule has 4 rings (SSSR count). The monoisotopic (exact) mass is 438 g/mol. The summed E-state index contributed by atoms with van der Waals surface area (Å²) in [6.07, 6.45) is 1.65. The summed E-state index contributed by atoms with van der Waals surface area (Å²) in [6.45, 7) is 3.09. The summed E-state index contributed by atoms with van der Waals surface area (Å²) in [5, 5.41) is 3.88. The largest absolute Gasteiger partial charge is 0.383 e. The number of aliphatic imine (C=N–C) groups is 1. The topological polar surface area (TPSA) is 72.3 Å². The molecule has 0 aliphatic rings. The molecule has 4 aromatic rings. The van der Waals surface area contributed by atoms with Crippen molar-refractivity contribution in [2.45, 2.75) is 17.6 Å². The van der Waals surface area contributed by atoms with Gasteiger partial charge in [0.15, 0.2) is 0 Å². The van der Waals surface area contributed by atoms with Crippen molar-refractivity contribution >= 4 is 39.5 Å². The van der Waals surface area contributed by atoms with E-state index in [9.17, 15) is 4.79 Å². The van der Waals surface area contributed by atoms with Gasteiger partial charge in [-0.05, 0) is 31.2 Å². The number of nitrogens with one attached hydrogen (secondary N) is 1. The highest BCUT2D eigenvalue weighted by Crippen LogP contribution is 2.26. The van der Waals surface area contributed by atoms with Gasteiger partial charge in [0.05, 0.1) is 34.6 Å². The number of hydrogen-bond acceptors (Lipinski definition) is 6. The second kappa shape index (κ2) is 9.42. The Kier molecular flexibility index (Phi) is 6.47. The molecule has 0 saturated carbocycles. The minimum Gasteiger partial charge on any atom is -0.383 e. The number of thioether (sulfide) groups is 1. The number of nitrogens with zero attached hydrogens (tertiary/aromatic N) is 3. The number of H-pyrrole nitrogens is 1. The summed E-state index contributed by atoms with van der Waals surface area (Å²) in [7, 11) is 1.63. The number of aromatic amines is 1. The summed E-state index contributed by atoms with van der Waals surface area (Å²) in [6, 6.07) is 16.2. The van der Waals surface area contributed by atoms with Crippen LogP contribution in [-0.2, 0) is 10.5 Å². The number of aryl methyl sites for hydroxylation is 1. The number of para-hydroxylation sites is 1. The van der Waals surface area contributed by atoms with Gasteiger partial charge in [-0.1, -0.05) is 41.2 Å². The first-order valence-electron chi connectivity index (χ1n) is 9.54. The average Bonchev–Trinajstić information content (AvgIpc) is 3.32. The van der Waals surface area contributed by atoms with E-state index in [1.54, 1.807) is 25.1 Å². The van der Waals surface area contributed by atoms with Gasteiger partial charge in [-0.2, -0.15) is 4.68 Å². The lowest BCUT2D eigenvalue weighted by Crippen LogP contribution is -2.17. The first-order valence-corrected chi connectivity index (χ1v) is 11.3. The second-order valence-electron chi connectivity index (χ2n) is 6.74. The fraction of sp³-hybridized carbons (Fsp3) is 0.227. The van der Waals surface area contributed by atoms with Crippen molar-refractivity contribution in [3.63, 3.8) is 0 Å². The van der Waals surface area contributed by atoms with Gasteiger partial charge in [-0.25, -0.2) is 4.98 Å². The first-order chi connectivity index (χ1) is 14.7. The smallest absolute Gasteiger partial charge is 0.282 e. The van der Waals surface area contributed by atoms with Gasteiger partial charge in [0.1, 0.15) is 0 Å². The second-order valence-corrected chi connectivity index (χ2v) is 8.80. The highest BCUT2D eigenvalue weighted by molar-refractivity contribution is 7.98. The Morgan fingerprint density at radius 1 is 1.23 bits per heavy atom. The van der Waals surface area contributed by atoms with Gasteiger partial charge in [0.2, 0.25) is 5.13 Å². The summed E-state index contributed by atoms with van der Waals surface area (Å²) < 4.78 is 7.61. The quantitative estimate of drug-likeness (QED) is 0.251. The van der Waals surface area contributed by atoms with Crippen LogP contribution in [0.4, 0.5) is 0 Å². The average molecular weight is 439 g/mol. The van der Waals surface area contributed by atoms with E-state index in [1.807, 2.05) is 24.3 Å². The number of hydrogen-bond donors (Lipinski definition) is 1. The van der Waals surface area contributed by atoms with Crippen molar-refractivity contribution in [1.82, 2.24) is 14.8 Å². The molecule has 0 aliphatic heterocycles. The third kappa shape index (κ3) is 4.56. The van der Waals surface area contributed by atoms with E-state index in [4.69, 9.17) is 4.74 Å². The zero-order valence-electron chi connectivity index (χ0n) is 16.8. The summed E-state index contributed by atoms with van der Waals surface area (Å²) in [4.78, 5) is 23.3. The summed E-state index contributed by atoms with van der Waals surface area (Å²) in [5.74, 6) is 0.627. The third-order valence-electron chi connectivity index (χ3n) is 4.53. The molecule has 0 unspecified atom stereocenters. The molecule has 0 radical (unpaired) electrons. The number of thiazole rings is 1. The van der Waals surface area contributed by atoms with Crippen LogP contribution >= 0.6 is 23.1 Å². The molecule has 1 N–H and O–H groups in total. The molecule has 8 heteroatoms. The maximum atomic E-state index is 13.2. The van der Waals surface area contributed by atoms with Crippen LogP contribution in [0.1, 0.15) is 16.8 Å². The van der Waals surface area contributed by atoms with Crippen molar-refractivity contribution < 1.29 is 4.74 Å². The van der Waals surface area contributed by atoms with Crippen LogP contribution in [0.2, 0.25) is 0 Å². The summed E-state index contributed by atoms with van der Waals surface area (Å²) in [5.41, 5.74) is 3.34. The molecule has 2 aromatic carbocycles. The molecule has 0 aliphatic carbocycles. The minimum atomic E-state index is -0.144. The molecule has 0 atom stereocenters. The van der Waals surface area contributed by atoms with Crippen LogP contribution < -0.4 is 5.56 Å². The Morgan fingerprint density at radius 2 is 2.03 bits per heavy atom. The van der Waals surface area contributed by atoms with Crippen LogP contribution in [0.25, 0.3) is 15.3 Å². The molecule has 0 bridgehead atoms. The highest BCUT2D eigenvalue weighted by Gasteiger charge is 2.16. The lowest BCUT2D eigenvalue weighted by atomic mass is 10.2. The number of rotatable bonds is 8. The Bertz CT molecular complexity index is 1190. The minimum absolute atomic E-state index is 0.144. The van der Waals surface area contributed by atoms with Crippen molar-refractivity contribution in [3.8, 4) is 5.13 Å². The third-order valence-corrected chi connectivity index (χ3v) is 6.59. The van der Waals surface area contributed by atoms with Gasteiger partial charge in [-0.3, -0.25) is 14.9 Å². The molecule has 2 aromatic heterocycles. The zero-order valence-corrected chi connectivity index (χ0v) is 18.4. The first kappa shape index (κ1) is 20.6. The highest BCUT2D eigenvalue weighted by atomic mass is 32.2. The van der Waals surface area contributed by atoms with E-state index in [0.717, 1.165) is 20.8 Å². The van der Waals surface area contributed by atoms with Gasteiger partial charge in [0, 0.05) is 24.0 Å². The molecule has 0 spiro atoms. The predicted molar refractivity (Wildman–Crippen MR) is 125 cm³/mol. The molecule has 30 heavy (non-hydrogen) atoms. The molecule has 6 nitrogen and oxygen atoms in total. The van der Waals surface area contributed by atoms with Crippen molar-refractivity contribution in [2.24, 2.45) is 4.99 Å². The number of benzene rings is 2. The molecule has 154 valence electrons. The Labute approximate surface area is 182 Å². The molecule has 0 fully saturated rings. The van der Waals surface area contributed by atoms with E-state index in [0.29, 0.717) is 29.6 Å². The van der Waals surface area contributed by atoms with Crippen LogP contribution in [0.5, 0.6) is 0 Å². The zero-order chi connectivity index (χ0) is 20.9. The number of aromatic nitrogens is 3. The van der Waals surface area contributed by atoms with E-state index >= 15 is 0 Å². The van der Waals surface area contributed by atoms with Crippen molar-refractivity contribution in [1.29, 1.82) is 0 Å². The molecule has 0 saturated heterocycles. The Morgan fingerprint density at radius 3 is 2.80 bits per heavy atom. The maximum Gasteiger partial charge on any atom is 0.282 e. The maximum absolute atomic E-state index is 13.2. The fourth-order valence-electron chi connectivity index (χ4n) is 2.92. The van der Waals surface area contributed by atoms with E-state index in [2.05, 4.69) is 46.3 Å². The number of methoxy groups -OCH3 is 1. The number of ether oxygens (including phenoxy) is 1. The van der Waals surface area contributed by atoms with E-state index in [-0.39, 0.29) is 5.56 Å². The van der Waals surface area contributed by atoms with Crippen LogP contribution in [0.3, 0.4) is 0 Å². The standard InChI is InChI=1S/C22H22N4O2S2/c1-15-7-9-16(10-8-15)29-14-19-17(13-23-11-12-28-2)21(27)26(25-19)22-24-18-5-3-4-6-20(18)30-22/h3-10,13,25H,11-12,14H2,1-2H3.